The zero-order chi connectivity index (χ0) is 13.8. The van der Waals surface area contributed by atoms with Gasteiger partial charge in [-0.2, -0.15) is 0 Å². The van der Waals surface area contributed by atoms with Crippen LogP contribution in [-0.2, 0) is 4.79 Å². The highest BCUT2D eigenvalue weighted by Crippen LogP contribution is 2.31. The number of aromatic nitrogens is 1. The van der Waals surface area contributed by atoms with E-state index in [1.807, 2.05) is 12.1 Å². The van der Waals surface area contributed by atoms with E-state index in [-0.39, 0.29) is 0 Å². The topological polar surface area (TPSA) is 68.7 Å². The summed E-state index contributed by atoms with van der Waals surface area (Å²) < 4.78 is 10.4. The maximum atomic E-state index is 10.5. The second kappa shape index (κ2) is 5.39. The summed E-state index contributed by atoms with van der Waals surface area (Å²) in [6.45, 7) is 0. The van der Waals surface area contributed by atoms with Gasteiger partial charge in [-0.3, -0.25) is 0 Å². The Bertz CT molecular complexity index is 649. The number of fused-ring (bicyclic) bond motifs is 1. The Hall–Kier alpha value is -2.56. The molecule has 0 radical (unpaired) electrons. The van der Waals surface area contributed by atoms with Gasteiger partial charge in [0.1, 0.15) is 0 Å². The Morgan fingerprint density at radius 1 is 1.21 bits per heavy atom. The number of benzene rings is 1. The van der Waals surface area contributed by atoms with Gasteiger partial charge in [0.25, 0.3) is 0 Å². The predicted molar refractivity (Wildman–Crippen MR) is 71.5 cm³/mol. The van der Waals surface area contributed by atoms with E-state index in [0.29, 0.717) is 22.7 Å². The van der Waals surface area contributed by atoms with Crippen molar-refractivity contribution in [3.05, 3.63) is 36.0 Å². The lowest BCUT2D eigenvalue weighted by Crippen LogP contribution is -1.92. The lowest BCUT2D eigenvalue weighted by Gasteiger charge is -2.08. The number of ether oxygens (including phenoxy) is 2. The molecular weight excluding hydrogens is 246 g/mol. The number of pyridine rings is 1. The van der Waals surface area contributed by atoms with Crippen LogP contribution in [0.4, 0.5) is 0 Å². The van der Waals surface area contributed by atoms with Gasteiger partial charge >= 0.3 is 5.97 Å². The van der Waals surface area contributed by atoms with Gasteiger partial charge in [0.05, 0.1) is 25.4 Å². The van der Waals surface area contributed by atoms with Crippen molar-refractivity contribution in [2.45, 2.75) is 0 Å². The smallest absolute Gasteiger partial charge is 0.328 e. The number of nitrogens with zero attached hydrogens (tertiary/aromatic N) is 1. The summed E-state index contributed by atoms with van der Waals surface area (Å²) in [5.74, 6) is 0.210. The third-order valence-electron chi connectivity index (χ3n) is 2.61. The molecule has 5 nitrogen and oxygen atoms in total. The second-order valence-electron chi connectivity index (χ2n) is 3.81. The number of carbonyl (C=O) groups is 1. The fourth-order valence-electron chi connectivity index (χ4n) is 1.72. The lowest BCUT2D eigenvalue weighted by molar-refractivity contribution is -0.131. The molecule has 2 rings (SSSR count). The van der Waals surface area contributed by atoms with E-state index >= 15 is 0 Å². The van der Waals surface area contributed by atoms with Crippen molar-refractivity contribution >= 4 is 22.9 Å². The Kier molecular flexibility index (Phi) is 3.66. The second-order valence-corrected chi connectivity index (χ2v) is 3.81. The highest BCUT2D eigenvalue weighted by atomic mass is 16.5. The molecular formula is C14H13NO4. The Balaban J connectivity index is 2.50. The van der Waals surface area contributed by atoms with E-state index in [4.69, 9.17) is 14.6 Å². The van der Waals surface area contributed by atoms with Crippen LogP contribution in [0.5, 0.6) is 11.5 Å². The highest BCUT2D eigenvalue weighted by molar-refractivity contribution is 5.87. The third-order valence-corrected chi connectivity index (χ3v) is 2.61. The Morgan fingerprint density at radius 3 is 2.53 bits per heavy atom. The van der Waals surface area contributed by atoms with Gasteiger partial charge in [-0.15, -0.1) is 0 Å². The molecule has 98 valence electrons. The molecule has 0 unspecified atom stereocenters. The number of carboxylic acid groups (broad SMARTS) is 1. The van der Waals surface area contributed by atoms with Gasteiger partial charge in [0.2, 0.25) is 0 Å². The largest absolute Gasteiger partial charge is 0.493 e. The van der Waals surface area contributed by atoms with Crippen molar-refractivity contribution in [3.63, 3.8) is 0 Å². The van der Waals surface area contributed by atoms with Gasteiger partial charge in [-0.05, 0) is 18.2 Å². The zero-order valence-corrected chi connectivity index (χ0v) is 10.6. The van der Waals surface area contributed by atoms with Crippen molar-refractivity contribution in [1.82, 2.24) is 4.98 Å². The fourth-order valence-corrected chi connectivity index (χ4v) is 1.72. The van der Waals surface area contributed by atoms with E-state index in [1.54, 1.807) is 26.4 Å². The van der Waals surface area contributed by atoms with Crippen LogP contribution in [0, 0.1) is 0 Å². The highest BCUT2D eigenvalue weighted by Gasteiger charge is 2.06. The van der Waals surface area contributed by atoms with Crippen LogP contribution in [0.25, 0.3) is 17.0 Å². The first-order chi connectivity index (χ1) is 9.13. The summed E-state index contributed by atoms with van der Waals surface area (Å²) in [6, 6.07) is 7.18. The minimum absolute atomic E-state index is 0.571. The fraction of sp³-hybridized carbons (Fsp3) is 0.143. The third kappa shape index (κ3) is 2.82. The average Bonchev–Trinajstić information content (AvgIpc) is 2.43. The summed E-state index contributed by atoms with van der Waals surface area (Å²) in [4.78, 5) is 14.8. The molecule has 0 aliphatic carbocycles. The van der Waals surface area contributed by atoms with Crippen molar-refractivity contribution in [1.29, 1.82) is 0 Å². The van der Waals surface area contributed by atoms with Gasteiger partial charge in [0, 0.05) is 17.5 Å². The van der Waals surface area contributed by atoms with E-state index < -0.39 is 5.97 Å². The Labute approximate surface area is 110 Å². The lowest BCUT2D eigenvalue weighted by atomic mass is 10.1. The minimum Gasteiger partial charge on any atom is -0.493 e. The summed E-state index contributed by atoms with van der Waals surface area (Å²) in [6.07, 6.45) is 2.49. The number of rotatable bonds is 4. The molecule has 0 saturated carbocycles. The molecule has 0 aliphatic heterocycles. The van der Waals surface area contributed by atoms with Crippen LogP contribution < -0.4 is 9.47 Å². The number of hydrogen-bond acceptors (Lipinski definition) is 4. The molecule has 1 heterocycles. The van der Waals surface area contributed by atoms with Gasteiger partial charge in [-0.25, -0.2) is 9.78 Å². The molecule has 0 bridgehead atoms. The molecule has 0 atom stereocenters. The molecule has 0 fully saturated rings. The first-order valence-corrected chi connectivity index (χ1v) is 5.58. The molecule has 2 aromatic rings. The molecule has 0 saturated heterocycles. The normalized spacial score (nSPS) is 10.8. The summed E-state index contributed by atoms with van der Waals surface area (Å²) >= 11 is 0. The van der Waals surface area contributed by atoms with Gasteiger partial charge < -0.3 is 14.6 Å². The maximum absolute atomic E-state index is 10.5. The van der Waals surface area contributed by atoms with Crippen molar-refractivity contribution in [2.24, 2.45) is 0 Å². The summed E-state index contributed by atoms with van der Waals surface area (Å²) in [5.41, 5.74) is 1.28. The average molecular weight is 259 g/mol. The van der Waals surface area contributed by atoms with Gasteiger partial charge in [0.15, 0.2) is 11.5 Å². The Morgan fingerprint density at radius 2 is 1.89 bits per heavy atom. The van der Waals surface area contributed by atoms with Crippen LogP contribution in [0.2, 0.25) is 0 Å². The van der Waals surface area contributed by atoms with Crippen LogP contribution in [-0.4, -0.2) is 30.3 Å². The molecule has 19 heavy (non-hydrogen) atoms. The SMILES string of the molecule is COc1cc2ccc(/C=C/C(=O)O)nc2cc1OC. The molecule has 0 amide bonds. The summed E-state index contributed by atoms with van der Waals surface area (Å²) in [5, 5.41) is 9.48. The quantitative estimate of drug-likeness (QED) is 0.853. The molecule has 1 N–H and O–H groups in total. The van der Waals surface area contributed by atoms with Crippen LogP contribution in [0.1, 0.15) is 5.69 Å². The van der Waals surface area contributed by atoms with Crippen LogP contribution in [0.15, 0.2) is 30.3 Å². The maximum Gasteiger partial charge on any atom is 0.328 e. The first kappa shape index (κ1) is 12.9. The van der Waals surface area contributed by atoms with E-state index in [0.717, 1.165) is 11.5 Å². The monoisotopic (exact) mass is 259 g/mol. The predicted octanol–water partition coefficient (Wildman–Crippen LogP) is 2.35. The van der Waals surface area contributed by atoms with E-state index in [2.05, 4.69) is 4.98 Å². The zero-order valence-electron chi connectivity index (χ0n) is 10.6. The number of methoxy groups -OCH3 is 2. The molecule has 1 aromatic carbocycles. The standard InChI is InChI=1S/C14H13NO4/c1-18-12-7-9-3-4-10(5-6-14(16)17)15-11(9)8-13(12)19-2/h3-8H,1-2H3,(H,16,17)/b6-5+. The van der Waals surface area contributed by atoms with E-state index in [1.165, 1.54) is 6.08 Å². The van der Waals surface area contributed by atoms with E-state index in [9.17, 15) is 4.79 Å². The van der Waals surface area contributed by atoms with Crippen molar-refractivity contribution in [2.75, 3.05) is 14.2 Å². The summed E-state index contributed by atoms with van der Waals surface area (Å²) in [7, 11) is 3.12. The molecule has 5 heteroatoms. The van der Waals surface area contributed by atoms with Crippen molar-refractivity contribution in [3.8, 4) is 11.5 Å². The number of aliphatic carboxylic acids is 1. The first-order valence-electron chi connectivity index (χ1n) is 5.58. The van der Waals surface area contributed by atoms with Crippen LogP contribution >= 0.6 is 0 Å². The molecule has 1 aromatic heterocycles. The van der Waals surface area contributed by atoms with Gasteiger partial charge in [-0.1, -0.05) is 6.07 Å². The van der Waals surface area contributed by atoms with Crippen LogP contribution in [0.3, 0.4) is 0 Å². The number of carboxylic acids is 1. The van der Waals surface area contributed by atoms with Crippen molar-refractivity contribution < 1.29 is 19.4 Å². The molecule has 0 spiro atoms. The molecule has 0 aliphatic rings. The number of hydrogen-bond donors (Lipinski definition) is 1. The minimum atomic E-state index is -1.01.